The molecule has 1 aromatic rings. The van der Waals surface area contributed by atoms with Gasteiger partial charge in [0, 0.05) is 10.6 Å². The highest BCUT2D eigenvalue weighted by Gasteiger charge is 2.42. The van der Waals surface area contributed by atoms with Crippen LogP contribution in [0.1, 0.15) is 43.7 Å². The third-order valence-corrected chi connectivity index (χ3v) is 4.73. The summed E-state index contributed by atoms with van der Waals surface area (Å²) >= 11 is 6.13. The van der Waals surface area contributed by atoms with Crippen molar-refractivity contribution in [2.75, 3.05) is 14.1 Å². The van der Waals surface area contributed by atoms with E-state index in [2.05, 4.69) is 30.5 Å². The lowest BCUT2D eigenvalue weighted by atomic mass is 9.73. The van der Waals surface area contributed by atoms with E-state index in [0.717, 1.165) is 5.02 Å². The first kappa shape index (κ1) is 14.8. The van der Waals surface area contributed by atoms with Gasteiger partial charge in [0.05, 0.1) is 6.04 Å². The van der Waals surface area contributed by atoms with Crippen LogP contribution in [0.2, 0.25) is 5.02 Å². The van der Waals surface area contributed by atoms with Gasteiger partial charge in [-0.2, -0.15) is 0 Å². The molecular formula is C15H24ClN3. The number of hydrogen-bond acceptors (Lipinski definition) is 3. The van der Waals surface area contributed by atoms with Crippen molar-refractivity contribution in [2.45, 2.75) is 43.7 Å². The Labute approximate surface area is 121 Å². The van der Waals surface area contributed by atoms with E-state index < -0.39 is 0 Å². The van der Waals surface area contributed by atoms with Crippen molar-refractivity contribution in [2.24, 2.45) is 5.84 Å². The Bertz CT molecular complexity index is 414. The summed E-state index contributed by atoms with van der Waals surface area (Å²) in [5, 5.41) is 0.766. The van der Waals surface area contributed by atoms with E-state index in [-0.39, 0.29) is 11.6 Å². The highest BCUT2D eigenvalue weighted by atomic mass is 35.5. The number of rotatable bonds is 4. The number of hydrogen-bond donors (Lipinski definition) is 2. The first-order chi connectivity index (χ1) is 9.10. The topological polar surface area (TPSA) is 41.3 Å². The average molecular weight is 282 g/mol. The van der Waals surface area contributed by atoms with Crippen LogP contribution in [0.5, 0.6) is 0 Å². The maximum atomic E-state index is 6.13. The Balaban J connectivity index is 2.37. The molecule has 0 saturated heterocycles. The van der Waals surface area contributed by atoms with Crippen molar-refractivity contribution in [1.29, 1.82) is 0 Å². The second-order valence-electron chi connectivity index (χ2n) is 5.71. The van der Waals surface area contributed by atoms with Gasteiger partial charge in [-0.15, -0.1) is 0 Å². The van der Waals surface area contributed by atoms with E-state index in [1.807, 2.05) is 18.2 Å². The molecule has 0 spiro atoms. The zero-order valence-electron chi connectivity index (χ0n) is 11.8. The van der Waals surface area contributed by atoms with Crippen LogP contribution in [0, 0.1) is 0 Å². The number of likely N-dealkylation sites (N-methyl/N-ethyl adjacent to an activating group) is 1. The molecule has 1 aromatic carbocycles. The number of nitrogens with zero attached hydrogens (tertiary/aromatic N) is 1. The molecule has 1 aliphatic carbocycles. The summed E-state index contributed by atoms with van der Waals surface area (Å²) in [4.78, 5) is 2.33. The lowest BCUT2D eigenvalue weighted by molar-refractivity contribution is 0.0564. The van der Waals surface area contributed by atoms with Gasteiger partial charge in [0.2, 0.25) is 0 Å². The summed E-state index contributed by atoms with van der Waals surface area (Å²) in [5.41, 5.74) is 4.29. The molecule has 19 heavy (non-hydrogen) atoms. The quantitative estimate of drug-likeness (QED) is 0.658. The number of nitrogens with one attached hydrogen (secondary N) is 1. The number of halogens is 1. The Morgan fingerprint density at radius 2 is 1.95 bits per heavy atom. The van der Waals surface area contributed by atoms with Crippen molar-refractivity contribution in [3.63, 3.8) is 0 Å². The van der Waals surface area contributed by atoms with E-state index in [4.69, 9.17) is 17.4 Å². The summed E-state index contributed by atoms with van der Waals surface area (Å²) in [5.74, 6) is 5.89. The maximum absolute atomic E-state index is 6.13. The van der Waals surface area contributed by atoms with E-state index in [0.29, 0.717) is 0 Å². The van der Waals surface area contributed by atoms with Gasteiger partial charge in [0.15, 0.2) is 0 Å². The fraction of sp³-hybridized carbons (Fsp3) is 0.600. The second-order valence-corrected chi connectivity index (χ2v) is 6.15. The standard InChI is InChI=1S/C15H24ClN3/c1-19(2)15(9-4-3-5-10-15)14(18-17)12-7-6-8-13(16)11-12/h6-8,11,14,18H,3-5,9-10,17H2,1-2H3. The van der Waals surface area contributed by atoms with Gasteiger partial charge in [0.25, 0.3) is 0 Å². The summed E-state index contributed by atoms with van der Waals surface area (Å²) in [6.45, 7) is 0. The van der Waals surface area contributed by atoms with Crippen LogP contribution >= 0.6 is 11.6 Å². The smallest absolute Gasteiger partial charge is 0.0644 e. The SMILES string of the molecule is CN(C)C1(C(NN)c2cccc(Cl)c2)CCCCC1. The lowest BCUT2D eigenvalue weighted by Crippen LogP contribution is -2.56. The normalized spacial score (nSPS) is 20.5. The lowest BCUT2D eigenvalue weighted by Gasteiger charge is -2.48. The summed E-state index contributed by atoms with van der Waals surface area (Å²) in [7, 11) is 4.31. The molecule has 1 fully saturated rings. The van der Waals surface area contributed by atoms with Crippen LogP contribution in [0.4, 0.5) is 0 Å². The molecule has 1 aliphatic rings. The molecule has 0 heterocycles. The minimum atomic E-state index is 0.0810. The van der Waals surface area contributed by atoms with Gasteiger partial charge in [-0.25, -0.2) is 0 Å². The minimum Gasteiger partial charge on any atom is -0.302 e. The predicted octanol–water partition coefficient (Wildman–Crippen LogP) is 3.11. The van der Waals surface area contributed by atoms with Crippen LogP contribution in [0.25, 0.3) is 0 Å². The van der Waals surface area contributed by atoms with Crippen molar-refractivity contribution < 1.29 is 0 Å². The molecule has 1 unspecified atom stereocenters. The van der Waals surface area contributed by atoms with E-state index >= 15 is 0 Å². The summed E-state index contributed by atoms with van der Waals surface area (Å²) < 4.78 is 0. The predicted molar refractivity (Wildman–Crippen MR) is 81.0 cm³/mol. The van der Waals surface area contributed by atoms with Gasteiger partial charge in [-0.1, -0.05) is 43.0 Å². The maximum Gasteiger partial charge on any atom is 0.0644 e. The van der Waals surface area contributed by atoms with Crippen LogP contribution in [-0.4, -0.2) is 24.5 Å². The molecule has 106 valence electrons. The van der Waals surface area contributed by atoms with Crippen molar-refractivity contribution >= 4 is 11.6 Å². The molecule has 1 saturated carbocycles. The van der Waals surface area contributed by atoms with E-state index in [1.165, 1.54) is 37.7 Å². The molecule has 0 bridgehead atoms. The van der Waals surface area contributed by atoms with Crippen LogP contribution in [-0.2, 0) is 0 Å². The fourth-order valence-corrected chi connectivity index (χ4v) is 3.60. The van der Waals surface area contributed by atoms with Gasteiger partial charge in [-0.3, -0.25) is 11.3 Å². The summed E-state index contributed by atoms with van der Waals surface area (Å²) in [6.07, 6.45) is 6.18. The first-order valence-corrected chi connectivity index (χ1v) is 7.37. The Hall–Kier alpha value is -0.610. The van der Waals surface area contributed by atoms with Gasteiger partial charge >= 0.3 is 0 Å². The zero-order valence-corrected chi connectivity index (χ0v) is 12.6. The van der Waals surface area contributed by atoms with E-state index in [1.54, 1.807) is 0 Å². The Morgan fingerprint density at radius 3 is 2.47 bits per heavy atom. The molecule has 1 atom stereocenters. The van der Waals surface area contributed by atoms with Gasteiger partial charge in [-0.05, 0) is 44.6 Å². The van der Waals surface area contributed by atoms with Crippen LogP contribution in [0.3, 0.4) is 0 Å². The van der Waals surface area contributed by atoms with Crippen LogP contribution in [0.15, 0.2) is 24.3 Å². The molecule has 0 aromatic heterocycles. The largest absolute Gasteiger partial charge is 0.302 e. The molecule has 3 N–H and O–H groups in total. The van der Waals surface area contributed by atoms with Crippen molar-refractivity contribution in [3.8, 4) is 0 Å². The van der Waals surface area contributed by atoms with Gasteiger partial charge < -0.3 is 4.90 Å². The third-order valence-electron chi connectivity index (χ3n) is 4.50. The highest BCUT2D eigenvalue weighted by molar-refractivity contribution is 6.30. The zero-order chi connectivity index (χ0) is 13.9. The minimum absolute atomic E-state index is 0.0810. The molecular weight excluding hydrogens is 258 g/mol. The summed E-state index contributed by atoms with van der Waals surface area (Å²) in [6, 6.07) is 8.14. The highest BCUT2D eigenvalue weighted by Crippen LogP contribution is 2.41. The number of nitrogens with two attached hydrogens (primary N) is 1. The molecule has 0 amide bonds. The molecule has 2 rings (SSSR count). The Morgan fingerprint density at radius 1 is 1.26 bits per heavy atom. The molecule has 0 aliphatic heterocycles. The van der Waals surface area contributed by atoms with Gasteiger partial charge in [0.1, 0.15) is 0 Å². The molecule has 0 radical (unpaired) electrons. The van der Waals surface area contributed by atoms with Crippen molar-refractivity contribution in [3.05, 3.63) is 34.9 Å². The second kappa shape index (κ2) is 6.23. The Kier molecular flexibility index (Phi) is 4.85. The first-order valence-electron chi connectivity index (χ1n) is 6.99. The van der Waals surface area contributed by atoms with E-state index in [9.17, 15) is 0 Å². The molecule has 4 heteroatoms. The third kappa shape index (κ3) is 2.95. The fourth-order valence-electron chi connectivity index (χ4n) is 3.41. The number of benzene rings is 1. The average Bonchev–Trinajstić information content (AvgIpc) is 2.40. The monoisotopic (exact) mass is 281 g/mol. The number of hydrazine groups is 1. The van der Waals surface area contributed by atoms with Crippen molar-refractivity contribution in [1.82, 2.24) is 10.3 Å². The molecule has 3 nitrogen and oxygen atoms in total. The van der Waals surface area contributed by atoms with Crippen LogP contribution < -0.4 is 11.3 Å².